The van der Waals surface area contributed by atoms with Crippen molar-refractivity contribution in [2.75, 3.05) is 37.8 Å². The number of nitrogens with two attached hydrogens (primary N) is 1. The number of imidazole rings is 1. The number of phenols is 1. The van der Waals surface area contributed by atoms with E-state index in [0.29, 0.717) is 5.56 Å². The zero-order chi connectivity index (χ0) is 39.1. The quantitative estimate of drug-likeness (QED) is 0.0581. The van der Waals surface area contributed by atoms with Crippen LogP contribution in [0.2, 0.25) is 0 Å². The number of hydrogen-bond acceptors (Lipinski definition) is 18. The van der Waals surface area contributed by atoms with Crippen molar-refractivity contribution < 1.29 is 71.8 Å². The number of nitrogens with zero attached hydrogens (tertiary/aromatic N) is 4. The maximum Gasteiger partial charge on any atom is 0.481 e. The summed E-state index contributed by atoms with van der Waals surface area (Å²) in [6.07, 6.45) is -5.67. The molecular formula is C28H39N7O15P2S. The molecule has 0 bridgehead atoms. The number of thioether (sulfide) groups is 1. The van der Waals surface area contributed by atoms with E-state index < -0.39 is 76.7 Å². The number of phenolic OH excluding ortho intramolecular Hbond substituents is 1. The van der Waals surface area contributed by atoms with Gasteiger partial charge in [0, 0.05) is 36.2 Å². The Bertz CT molecular complexity index is 1870. The fourth-order valence-corrected chi connectivity index (χ4v) is 7.62. The molecule has 1 fully saturated rings. The molecule has 0 spiro atoms. The number of anilines is 1. The first kappa shape index (κ1) is 42.2. The summed E-state index contributed by atoms with van der Waals surface area (Å²) < 4.78 is 45.6. The minimum absolute atomic E-state index is 0.0249. The summed E-state index contributed by atoms with van der Waals surface area (Å²) in [4.78, 5) is 68.8. The molecule has 2 unspecified atom stereocenters. The molecule has 1 aromatic carbocycles. The molecular weight excluding hydrogens is 768 g/mol. The van der Waals surface area contributed by atoms with Gasteiger partial charge in [0.1, 0.15) is 42.0 Å². The number of carbonyl (C=O) groups is 3. The van der Waals surface area contributed by atoms with E-state index in [-0.39, 0.29) is 53.1 Å². The molecule has 4 rings (SSSR count). The van der Waals surface area contributed by atoms with E-state index in [2.05, 4.69) is 29.9 Å². The van der Waals surface area contributed by atoms with E-state index in [9.17, 15) is 53.7 Å². The van der Waals surface area contributed by atoms with Gasteiger partial charge >= 0.3 is 15.6 Å². The standard InChI is InChI=1S/C28H39N7O15P2S/c1-28(2,22(40)25(41)31-8-7-18(37)30-9-10-53-27(42)15-3-5-16(36)6-4-15)12-48-52(45,46)50-51(43,44)47-11-17-20(38)21(39)26(49-17)35-14-34-19-23(29)32-13-33-24(19)35/h3-6,13-14,17,20-22,26,36,38-40H,7-12H2,1-2H3,(H,30,37)(H,31,41)(H,43,44)(H,45,46)(H2,29,32,33)/t17-,20-,21-,22+,26-/m1/s1. The predicted molar refractivity (Wildman–Crippen MR) is 184 cm³/mol. The number of aliphatic hydroxyl groups excluding tert-OH is 3. The third kappa shape index (κ3) is 11.5. The number of benzene rings is 1. The van der Waals surface area contributed by atoms with Gasteiger partial charge in [0.25, 0.3) is 0 Å². The smallest absolute Gasteiger partial charge is 0.481 e. The monoisotopic (exact) mass is 807 g/mol. The molecule has 3 aromatic rings. The van der Waals surface area contributed by atoms with Crippen molar-refractivity contribution in [3.63, 3.8) is 0 Å². The predicted octanol–water partition coefficient (Wildman–Crippen LogP) is -0.433. The van der Waals surface area contributed by atoms with Crippen molar-refractivity contribution in [2.24, 2.45) is 5.41 Å². The van der Waals surface area contributed by atoms with Gasteiger partial charge in [-0.25, -0.2) is 24.1 Å². The number of fused-ring (bicyclic) bond motifs is 1. The number of phosphoric acid groups is 2. The zero-order valence-corrected chi connectivity index (χ0v) is 30.7. The number of carbonyl (C=O) groups excluding carboxylic acids is 3. The average Bonchev–Trinajstić information content (AvgIpc) is 3.65. The van der Waals surface area contributed by atoms with Gasteiger partial charge < -0.3 is 51.3 Å². The SMILES string of the molecule is CC(C)(COP(=O)(O)OP(=O)(O)OC[C@H]1O[C@@H](n2cnc3c(N)ncnc32)[C@H](O)[C@@H]1O)[C@@H](O)C(=O)NCCC(=O)NCCSC(=O)c1ccc(O)cc1. The second kappa shape index (κ2) is 17.7. The number of aromatic nitrogens is 4. The van der Waals surface area contributed by atoms with Crippen LogP contribution in [0, 0.1) is 5.41 Å². The number of phosphoric ester groups is 2. The van der Waals surface area contributed by atoms with Crippen LogP contribution in [0.3, 0.4) is 0 Å². The molecule has 2 aromatic heterocycles. The summed E-state index contributed by atoms with van der Waals surface area (Å²) in [6.45, 7) is 0.764. The van der Waals surface area contributed by atoms with E-state index in [4.69, 9.17) is 19.5 Å². The summed E-state index contributed by atoms with van der Waals surface area (Å²) >= 11 is 0.965. The highest BCUT2D eigenvalue weighted by Crippen LogP contribution is 2.61. The minimum Gasteiger partial charge on any atom is -0.508 e. The summed E-state index contributed by atoms with van der Waals surface area (Å²) in [6, 6.07) is 5.70. The first-order chi connectivity index (χ1) is 24.8. The lowest BCUT2D eigenvalue weighted by atomic mass is 9.87. The number of rotatable bonds is 18. The molecule has 53 heavy (non-hydrogen) atoms. The van der Waals surface area contributed by atoms with Crippen LogP contribution in [-0.2, 0) is 36.8 Å². The highest BCUT2D eigenvalue weighted by Gasteiger charge is 2.46. The minimum atomic E-state index is -5.39. The molecule has 7 atom stereocenters. The summed E-state index contributed by atoms with van der Waals surface area (Å²) in [5.74, 6) is -1.08. The number of nitrogens with one attached hydrogen (secondary N) is 2. The molecule has 1 saturated heterocycles. The lowest BCUT2D eigenvalue weighted by molar-refractivity contribution is -0.137. The second-order valence-corrected chi connectivity index (χ2v) is 16.3. The number of ether oxygens (including phenoxy) is 1. The van der Waals surface area contributed by atoms with Gasteiger partial charge in [-0.1, -0.05) is 25.6 Å². The highest BCUT2D eigenvalue weighted by atomic mass is 32.2. The largest absolute Gasteiger partial charge is 0.508 e. The van der Waals surface area contributed by atoms with E-state index in [0.717, 1.165) is 18.1 Å². The lowest BCUT2D eigenvalue weighted by Crippen LogP contribution is -2.46. The Balaban J connectivity index is 1.16. The highest BCUT2D eigenvalue weighted by molar-refractivity contribution is 8.14. The first-order valence-electron chi connectivity index (χ1n) is 15.6. The molecule has 10 N–H and O–H groups in total. The van der Waals surface area contributed by atoms with Gasteiger partial charge in [0.2, 0.25) is 16.9 Å². The zero-order valence-electron chi connectivity index (χ0n) is 28.1. The Morgan fingerprint density at radius 1 is 1.04 bits per heavy atom. The summed E-state index contributed by atoms with van der Waals surface area (Å²) in [5.41, 5.74) is 4.92. The molecule has 22 nitrogen and oxygen atoms in total. The molecule has 25 heteroatoms. The number of hydrogen-bond donors (Lipinski definition) is 9. The van der Waals surface area contributed by atoms with E-state index >= 15 is 0 Å². The Morgan fingerprint density at radius 3 is 2.42 bits per heavy atom. The van der Waals surface area contributed by atoms with Crippen LogP contribution in [0.25, 0.3) is 11.2 Å². The number of amides is 2. The van der Waals surface area contributed by atoms with E-state index in [1.165, 1.54) is 49.0 Å². The van der Waals surface area contributed by atoms with Gasteiger partial charge in [0.05, 0.1) is 19.5 Å². The molecule has 2 amide bonds. The van der Waals surface area contributed by atoms with Gasteiger partial charge in [-0.2, -0.15) is 4.31 Å². The van der Waals surface area contributed by atoms with Crippen LogP contribution >= 0.6 is 27.4 Å². The molecule has 0 aliphatic carbocycles. The van der Waals surface area contributed by atoms with Gasteiger partial charge in [0.15, 0.2) is 17.7 Å². The van der Waals surface area contributed by atoms with Crippen molar-refractivity contribution in [3.8, 4) is 5.75 Å². The van der Waals surface area contributed by atoms with Crippen LogP contribution in [0.15, 0.2) is 36.9 Å². The molecule has 3 heterocycles. The van der Waals surface area contributed by atoms with Crippen LogP contribution in [-0.4, -0.2) is 123 Å². The van der Waals surface area contributed by atoms with Gasteiger partial charge in [-0.15, -0.1) is 0 Å². The molecule has 0 radical (unpaired) electrons. The van der Waals surface area contributed by atoms with Crippen LogP contribution < -0.4 is 16.4 Å². The number of nitrogen functional groups attached to an aromatic ring is 1. The maximum atomic E-state index is 12.5. The number of aliphatic hydroxyl groups is 3. The molecule has 0 saturated carbocycles. The first-order valence-corrected chi connectivity index (χ1v) is 19.6. The second-order valence-electron chi connectivity index (χ2n) is 12.2. The molecule has 1 aliphatic rings. The maximum absolute atomic E-state index is 12.5. The topological polar surface area (TPSA) is 337 Å². The average molecular weight is 808 g/mol. The summed E-state index contributed by atoms with van der Waals surface area (Å²) in [7, 11) is -10.8. The Labute approximate surface area is 305 Å². The Morgan fingerprint density at radius 2 is 1.72 bits per heavy atom. The van der Waals surface area contributed by atoms with Gasteiger partial charge in [-0.3, -0.25) is 28.0 Å². The fraction of sp³-hybridized carbons (Fsp3) is 0.500. The third-order valence-corrected chi connectivity index (χ3v) is 11.1. The van der Waals surface area contributed by atoms with Crippen molar-refractivity contribution in [3.05, 3.63) is 42.5 Å². The van der Waals surface area contributed by atoms with E-state index in [1.54, 1.807) is 0 Å². The normalized spacial score (nSPS) is 21.8. The van der Waals surface area contributed by atoms with Crippen molar-refractivity contribution in [2.45, 2.75) is 50.9 Å². The molecule has 292 valence electrons. The van der Waals surface area contributed by atoms with Gasteiger partial charge in [-0.05, 0) is 24.3 Å². The number of aromatic hydroxyl groups is 1. The van der Waals surface area contributed by atoms with Crippen LogP contribution in [0.5, 0.6) is 5.75 Å². The van der Waals surface area contributed by atoms with Crippen molar-refractivity contribution in [1.82, 2.24) is 30.2 Å². The van der Waals surface area contributed by atoms with Crippen LogP contribution in [0.4, 0.5) is 5.82 Å². The lowest BCUT2D eigenvalue weighted by Gasteiger charge is -2.30. The Kier molecular flexibility index (Phi) is 14.1. The van der Waals surface area contributed by atoms with E-state index in [1.807, 2.05) is 0 Å². The van der Waals surface area contributed by atoms with Crippen LogP contribution in [0.1, 0.15) is 36.9 Å². The van der Waals surface area contributed by atoms with Crippen molar-refractivity contribution in [1.29, 1.82) is 0 Å². The summed E-state index contributed by atoms with van der Waals surface area (Å²) in [5, 5.41) is 45.5. The molecule has 1 aliphatic heterocycles. The third-order valence-electron chi connectivity index (χ3n) is 7.61. The van der Waals surface area contributed by atoms with Crippen molar-refractivity contribution >= 4 is 61.3 Å². The fourth-order valence-electron chi connectivity index (χ4n) is 4.68. The Hall–Kier alpha value is -3.57.